The van der Waals surface area contributed by atoms with E-state index in [2.05, 4.69) is 6.58 Å². The number of allylic oxidation sites excluding steroid dienone is 1. The van der Waals surface area contributed by atoms with Crippen LogP contribution in [0.1, 0.15) is 20.3 Å². The number of hydrogen-bond donors (Lipinski definition) is 1. The van der Waals surface area contributed by atoms with Crippen LogP contribution in [0.3, 0.4) is 0 Å². The third-order valence-electron chi connectivity index (χ3n) is 3.45. The molecule has 20 heavy (non-hydrogen) atoms. The van der Waals surface area contributed by atoms with Gasteiger partial charge in [0.25, 0.3) is 5.92 Å². The van der Waals surface area contributed by atoms with Crippen LogP contribution in [-0.4, -0.2) is 66.1 Å². The van der Waals surface area contributed by atoms with E-state index >= 15 is 0 Å². The van der Waals surface area contributed by atoms with E-state index < -0.39 is 19.1 Å². The molecule has 116 valence electrons. The molecule has 0 aliphatic carbocycles. The Balaban J connectivity index is 2.42. The summed E-state index contributed by atoms with van der Waals surface area (Å²) >= 11 is 0. The van der Waals surface area contributed by atoms with Crippen molar-refractivity contribution in [1.82, 2.24) is 9.80 Å². The van der Waals surface area contributed by atoms with Crippen molar-refractivity contribution in [2.45, 2.75) is 26.2 Å². The molecule has 1 aliphatic heterocycles. The molecule has 0 bridgehead atoms. The molecule has 0 aromatic heterocycles. The number of aliphatic hydroxyl groups excluding tert-OH is 1. The van der Waals surface area contributed by atoms with Crippen molar-refractivity contribution < 1.29 is 18.7 Å². The average molecular weight is 290 g/mol. The second kappa shape index (κ2) is 7.13. The van der Waals surface area contributed by atoms with Gasteiger partial charge < -0.3 is 10.0 Å². The molecule has 0 spiro atoms. The fourth-order valence-corrected chi connectivity index (χ4v) is 2.43. The fraction of sp³-hybridized carbons (Fsp3) is 0.786. The Labute approximate surface area is 119 Å². The molecule has 1 atom stereocenters. The minimum atomic E-state index is -3.07. The average Bonchev–Trinajstić information content (AvgIpc) is 2.37. The summed E-state index contributed by atoms with van der Waals surface area (Å²) < 4.78 is 26.2. The zero-order chi connectivity index (χ0) is 15.3. The van der Waals surface area contributed by atoms with Gasteiger partial charge in [0.05, 0.1) is 6.54 Å². The van der Waals surface area contributed by atoms with Crippen LogP contribution >= 0.6 is 0 Å². The number of nitrogens with zero attached hydrogens (tertiary/aromatic N) is 2. The van der Waals surface area contributed by atoms with E-state index in [1.54, 1.807) is 9.80 Å². The largest absolute Gasteiger partial charge is 0.390 e. The van der Waals surface area contributed by atoms with E-state index in [9.17, 15) is 13.6 Å². The Bertz CT molecular complexity index is 353. The highest BCUT2D eigenvalue weighted by Crippen LogP contribution is 2.17. The lowest BCUT2D eigenvalue weighted by Gasteiger charge is -2.37. The lowest BCUT2D eigenvalue weighted by Crippen LogP contribution is -2.53. The van der Waals surface area contributed by atoms with Gasteiger partial charge in [-0.3, -0.25) is 9.69 Å². The van der Waals surface area contributed by atoms with Gasteiger partial charge in [0.1, 0.15) is 6.61 Å². The summed E-state index contributed by atoms with van der Waals surface area (Å²) in [6, 6.07) is 0. The Kier molecular flexibility index (Phi) is 6.07. The van der Waals surface area contributed by atoms with E-state index in [0.717, 1.165) is 5.57 Å². The third kappa shape index (κ3) is 5.17. The summed E-state index contributed by atoms with van der Waals surface area (Å²) in [7, 11) is 0. The van der Waals surface area contributed by atoms with E-state index in [4.69, 9.17) is 5.11 Å². The van der Waals surface area contributed by atoms with Gasteiger partial charge in [-0.2, -0.15) is 0 Å². The molecule has 0 aromatic carbocycles. The van der Waals surface area contributed by atoms with Crippen LogP contribution in [0.2, 0.25) is 0 Å². The van der Waals surface area contributed by atoms with Crippen LogP contribution in [0.4, 0.5) is 8.78 Å². The zero-order valence-electron chi connectivity index (χ0n) is 12.2. The van der Waals surface area contributed by atoms with Gasteiger partial charge in [0, 0.05) is 32.1 Å². The quantitative estimate of drug-likeness (QED) is 0.751. The van der Waals surface area contributed by atoms with E-state index in [0.29, 0.717) is 32.6 Å². The molecule has 1 N–H and O–H groups in total. The summed E-state index contributed by atoms with van der Waals surface area (Å²) in [6.45, 7) is 7.72. The molecule has 1 aliphatic rings. The number of aliphatic hydroxyl groups is 1. The predicted octanol–water partition coefficient (Wildman–Crippen LogP) is 1.36. The van der Waals surface area contributed by atoms with Crippen molar-refractivity contribution in [1.29, 1.82) is 0 Å². The highest BCUT2D eigenvalue weighted by molar-refractivity contribution is 5.78. The Hall–Kier alpha value is -1.01. The molecule has 1 fully saturated rings. The Morgan fingerprint density at radius 3 is 2.35 bits per heavy atom. The summed E-state index contributed by atoms with van der Waals surface area (Å²) in [5.74, 6) is -3.13. The number of amides is 1. The molecule has 0 saturated carbocycles. The summed E-state index contributed by atoms with van der Waals surface area (Å²) in [5.41, 5.74) is 0.965. The molecule has 4 nitrogen and oxygen atoms in total. The van der Waals surface area contributed by atoms with Gasteiger partial charge in [0.15, 0.2) is 0 Å². The van der Waals surface area contributed by atoms with Crippen LogP contribution in [-0.2, 0) is 4.79 Å². The van der Waals surface area contributed by atoms with Crippen LogP contribution in [0.25, 0.3) is 0 Å². The topological polar surface area (TPSA) is 43.8 Å². The van der Waals surface area contributed by atoms with Crippen molar-refractivity contribution in [3.63, 3.8) is 0 Å². The predicted molar refractivity (Wildman–Crippen MR) is 73.6 cm³/mol. The van der Waals surface area contributed by atoms with Gasteiger partial charge in [0.2, 0.25) is 5.91 Å². The molecule has 0 radical (unpaired) electrons. The fourth-order valence-electron chi connectivity index (χ4n) is 2.43. The van der Waals surface area contributed by atoms with Crippen molar-refractivity contribution in [2.75, 3.05) is 39.3 Å². The van der Waals surface area contributed by atoms with E-state index in [1.165, 1.54) is 0 Å². The van der Waals surface area contributed by atoms with Crippen molar-refractivity contribution in [3.05, 3.63) is 12.2 Å². The first-order valence-corrected chi connectivity index (χ1v) is 6.89. The van der Waals surface area contributed by atoms with Crippen LogP contribution in [0, 0.1) is 5.92 Å². The minimum Gasteiger partial charge on any atom is -0.390 e. The van der Waals surface area contributed by atoms with Gasteiger partial charge in [-0.05, 0) is 13.3 Å². The molecular weight excluding hydrogens is 266 g/mol. The molecular formula is C14H24F2N2O2. The molecule has 1 heterocycles. The van der Waals surface area contributed by atoms with Crippen LogP contribution < -0.4 is 0 Å². The maximum absolute atomic E-state index is 13.1. The first-order valence-electron chi connectivity index (χ1n) is 6.89. The van der Waals surface area contributed by atoms with Crippen LogP contribution in [0.15, 0.2) is 12.2 Å². The second-order valence-electron chi connectivity index (χ2n) is 5.68. The summed E-state index contributed by atoms with van der Waals surface area (Å²) in [4.78, 5) is 15.5. The second-order valence-corrected chi connectivity index (χ2v) is 5.68. The SMILES string of the molecule is C=C(C)CC(C)C(=O)N1CCN(CC(F)(F)CO)CC1. The first kappa shape index (κ1) is 17.0. The third-order valence-corrected chi connectivity index (χ3v) is 3.45. The molecule has 6 heteroatoms. The molecule has 1 unspecified atom stereocenters. The lowest BCUT2D eigenvalue weighted by molar-refractivity contribution is -0.137. The Morgan fingerprint density at radius 1 is 1.35 bits per heavy atom. The number of piperazine rings is 1. The van der Waals surface area contributed by atoms with Gasteiger partial charge in [-0.25, -0.2) is 8.78 Å². The summed E-state index contributed by atoms with van der Waals surface area (Å²) in [6.07, 6.45) is 0.654. The number of halogens is 2. The first-order chi connectivity index (χ1) is 9.25. The van der Waals surface area contributed by atoms with Crippen molar-refractivity contribution in [2.24, 2.45) is 5.92 Å². The number of rotatable bonds is 6. The summed E-state index contributed by atoms with van der Waals surface area (Å²) in [5, 5.41) is 8.57. The molecule has 1 rings (SSSR count). The highest BCUT2D eigenvalue weighted by atomic mass is 19.3. The lowest BCUT2D eigenvalue weighted by atomic mass is 10.0. The van der Waals surface area contributed by atoms with Crippen molar-refractivity contribution in [3.8, 4) is 0 Å². The smallest absolute Gasteiger partial charge is 0.283 e. The van der Waals surface area contributed by atoms with E-state index in [1.807, 2.05) is 13.8 Å². The molecule has 1 amide bonds. The normalized spacial score (nSPS) is 18.9. The number of alkyl halides is 2. The Morgan fingerprint density at radius 2 is 1.90 bits per heavy atom. The zero-order valence-corrected chi connectivity index (χ0v) is 12.2. The van der Waals surface area contributed by atoms with E-state index in [-0.39, 0.29) is 11.8 Å². The molecule has 1 saturated heterocycles. The minimum absolute atomic E-state index is 0.0570. The number of carbonyl (C=O) groups excluding carboxylic acids is 1. The van der Waals surface area contributed by atoms with Gasteiger partial charge >= 0.3 is 0 Å². The maximum Gasteiger partial charge on any atom is 0.283 e. The van der Waals surface area contributed by atoms with Gasteiger partial charge in [-0.1, -0.05) is 12.5 Å². The monoisotopic (exact) mass is 290 g/mol. The van der Waals surface area contributed by atoms with Gasteiger partial charge in [-0.15, -0.1) is 6.58 Å². The highest BCUT2D eigenvalue weighted by Gasteiger charge is 2.33. The van der Waals surface area contributed by atoms with Crippen LogP contribution in [0.5, 0.6) is 0 Å². The molecule has 0 aromatic rings. The maximum atomic E-state index is 13.1. The number of carbonyl (C=O) groups is 1. The standard InChI is InChI=1S/C14H24F2N2O2/c1-11(2)8-12(3)13(20)18-6-4-17(5-7-18)9-14(15,16)10-19/h12,19H,1,4-10H2,2-3H3. The van der Waals surface area contributed by atoms with Crippen molar-refractivity contribution >= 4 is 5.91 Å². The number of hydrogen-bond acceptors (Lipinski definition) is 3.